The summed E-state index contributed by atoms with van der Waals surface area (Å²) in [4.78, 5) is 24.8. The molecule has 0 aromatic heterocycles. The molecule has 1 aliphatic rings. The van der Waals surface area contributed by atoms with Crippen LogP contribution in [0.4, 0.5) is 0 Å². The number of carbonyl (C=O) groups is 2. The minimum Gasteiger partial charge on any atom is -0.458 e. The molecule has 1 fully saturated rings. The number of aliphatic hydroxyl groups excluding tert-OH is 1. The number of benzene rings is 2. The van der Waals surface area contributed by atoms with Crippen LogP contribution in [0.3, 0.4) is 0 Å². The lowest BCUT2D eigenvalue weighted by Gasteiger charge is -2.28. The molecule has 2 aromatic rings. The molecule has 3 unspecified atom stereocenters. The minimum absolute atomic E-state index is 0.0239. The number of rotatable bonds is 5. The van der Waals surface area contributed by atoms with E-state index in [2.05, 4.69) is 5.92 Å². The van der Waals surface area contributed by atoms with E-state index in [0.717, 1.165) is 11.1 Å². The molecule has 0 spiro atoms. The molecule has 3 atom stereocenters. The van der Waals surface area contributed by atoms with E-state index in [1.165, 1.54) is 0 Å². The van der Waals surface area contributed by atoms with Gasteiger partial charge in [0, 0.05) is 6.42 Å². The summed E-state index contributed by atoms with van der Waals surface area (Å²) in [7, 11) is 0. The van der Waals surface area contributed by atoms with Crippen molar-refractivity contribution in [3.05, 3.63) is 70.8 Å². The summed E-state index contributed by atoms with van der Waals surface area (Å²) in [5, 5.41) is 9.95. The molecule has 0 bridgehead atoms. The zero-order valence-electron chi connectivity index (χ0n) is 16.3. The van der Waals surface area contributed by atoms with Crippen LogP contribution in [0, 0.1) is 26.2 Å². The van der Waals surface area contributed by atoms with Crippen LogP contribution < -0.4 is 0 Å². The van der Waals surface area contributed by atoms with Gasteiger partial charge >= 0.3 is 11.9 Å². The number of hydrogen-bond acceptors (Lipinski definition) is 6. The zero-order chi connectivity index (χ0) is 21.0. The van der Waals surface area contributed by atoms with E-state index in [0.29, 0.717) is 11.1 Å². The molecule has 0 radical (unpaired) electrons. The Morgan fingerprint density at radius 2 is 1.59 bits per heavy atom. The molecular formula is C23H22O6. The van der Waals surface area contributed by atoms with Crippen LogP contribution in [0.15, 0.2) is 48.5 Å². The molecule has 1 N–H and O–H groups in total. The Kier molecular flexibility index (Phi) is 6.02. The third kappa shape index (κ3) is 4.65. The Balaban J connectivity index is 1.72. The highest BCUT2D eigenvalue weighted by molar-refractivity contribution is 5.90. The Morgan fingerprint density at radius 3 is 2.10 bits per heavy atom. The SMILES string of the molecule is C#CC1(COC(=O)c2ccc(C)cc2)OC(O)CC1OC(=O)c1ccc(C)cc1. The van der Waals surface area contributed by atoms with Gasteiger partial charge in [-0.15, -0.1) is 6.42 Å². The first-order valence-electron chi connectivity index (χ1n) is 9.18. The van der Waals surface area contributed by atoms with Crippen molar-refractivity contribution in [1.29, 1.82) is 0 Å². The van der Waals surface area contributed by atoms with Gasteiger partial charge in [0.05, 0.1) is 11.1 Å². The van der Waals surface area contributed by atoms with E-state index in [9.17, 15) is 14.7 Å². The number of aliphatic hydroxyl groups is 1. The first kappa shape index (κ1) is 20.6. The number of carbonyl (C=O) groups excluding carboxylic acids is 2. The van der Waals surface area contributed by atoms with E-state index >= 15 is 0 Å². The van der Waals surface area contributed by atoms with Crippen LogP contribution in [0.2, 0.25) is 0 Å². The van der Waals surface area contributed by atoms with Gasteiger partial charge < -0.3 is 19.3 Å². The maximum atomic E-state index is 12.5. The van der Waals surface area contributed by atoms with Gasteiger partial charge in [-0.1, -0.05) is 41.3 Å². The molecule has 150 valence electrons. The fraction of sp³-hybridized carbons (Fsp3) is 0.304. The van der Waals surface area contributed by atoms with Crippen molar-refractivity contribution in [3.63, 3.8) is 0 Å². The van der Waals surface area contributed by atoms with E-state index < -0.39 is 29.9 Å². The number of ether oxygens (including phenoxy) is 3. The standard InChI is InChI=1S/C23H22O6/c1-4-23(14-27-21(25)17-9-5-15(2)6-10-17)19(13-20(24)29-23)28-22(26)18-11-7-16(3)8-12-18/h1,5-12,19-20,24H,13-14H2,2-3H3. The molecule has 1 saturated heterocycles. The fourth-order valence-corrected chi connectivity index (χ4v) is 3.01. The van der Waals surface area contributed by atoms with Gasteiger partial charge in [-0.3, -0.25) is 0 Å². The zero-order valence-corrected chi connectivity index (χ0v) is 16.3. The minimum atomic E-state index is -1.57. The fourth-order valence-electron chi connectivity index (χ4n) is 3.01. The van der Waals surface area contributed by atoms with Crippen molar-refractivity contribution in [1.82, 2.24) is 0 Å². The van der Waals surface area contributed by atoms with Gasteiger partial charge in [0.15, 0.2) is 12.4 Å². The number of aryl methyl sites for hydroxylation is 2. The molecular weight excluding hydrogens is 372 g/mol. The van der Waals surface area contributed by atoms with Gasteiger partial charge in [0.25, 0.3) is 0 Å². The van der Waals surface area contributed by atoms with Crippen LogP contribution in [0.25, 0.3) is 0 Å². The van der Waals surface area contributed by atoms with Gasteiger partial charge in [0.1, 0.15) is 6.61 Å². The van der Waals surface area contributed by atoms with Crippen LogP contribution >= 0.6 is 0 Å². The molecule has 1 aliphatic heterocycles. The predicted octanol–water partition coefficient (Wildman–Crippen LogP) is 2.80. The van der Waals surface area contributed by atoms with Crippen molar-refractivity contribution in [2.75, 3.05) is 6.61 Å². The first-order valence-corrected chi connectivity index (χ1v) is 9.18. The summed E-state index contributed by atoms with van der Waals surface area (Å²) in [5.41, 5.74) is 1.14. The maximum Gasteiger partial charge on any atom is 0.338 e. The highest BCUT2D eigenvalue weighted by Crippen LogP contribution is 2.33. The lowest BCUT2D eigenvalue weighted by molar-refractivity contribution is -0.141. The molecule has 6 heteroatoms. The molecule has 0 saturated carbocycles. The van der Waals surface area contributed by atoms with Gasteiger partial charge in [0.2, 0.25) is 5.60 Å². The van der Waals surface area contributed by atoms with Crippen molar-refractivity contribution >= 4 is 11.9 Å². The van der Waals surface area contributed by atoms with E-state index in [4.69, 9.17) is 20.6 Å². The smallest absolute Gasteiger partial charge is 0.338 e. The molecule has 2 aromatic carbocycles. The molecule has 0 amide bonds. The van der Waals surface area contributed by atoms with E-state index in [-0.39, 0.29) is 13.0 Å². The average Bonchev–Trinajstić information content (AvgIpc) is 3.02. The van der Waals surface area contributed by atoms with Crippen molar-refractivity contribution in [3.8, 4) is 12.3 Å². The van der Waals surface area contributed by atoms with Crippen LogP contribution in [-0.2, 0) is 14.2 Å². The summed E-state index contributed by atoms with van der Waals surface area (Å²) in [6, 6.07) is 13.7. The number of esters is 2. The summed E-state index contributed by atoms with van der Waals surface area (Å²) >= 11 is 0. The Bertz CT molecular complexity index is 925. The lowest BCUT2D eigenvalue weighted by Crippen LogP contribution is -2.45. The molecule has 3 rings (SSSR count). The summed E-state index contributed by atoms with van der Waals surface area (Å²) in [6.45, 7) is 3.45. The highest BCUT2D eigenvalue weighted by Gasteiger charge is 2.51. The van der Waals surface area contributed by atoms with Gasteiger partial charge in [-0.05, 0) is 38.1 Å². The Hall–Kier alpha value is -3.14. The average molecular weight is 394 g/mol. The highest BCUT2D eigenvalue weighted by atomic mass is 16.7. The first-order chi connectivity index (χ1) is 13.8. The summed E-state index contributed by atoms with van der Waals surface area (Å²) in [6.07, 6.45) is 3.40. The third-order valence-corrected chi connectivity index (χ3v) is 4.77. The normalized spacial score (nSPS) is 23.2. The van der Waals surface area contributed by atoms with E-state index in [1.54, 1.807) is 48.5 Å². The lowest BCUT2D eigenvalue weighted by atomic mass is 9.98. The van der Waals surface area contributed by atoms with Crippen LogP contribution in [0.5, 0.6) is 0 Å². The molecule has 1 heterocycles. The second-order valence-corrected chi connectivity index (χ2v) is 7.04. The maximum absolute atomic E-state index is 12.5. The monoisotopic (exact) mass is 394 g/mol. The quantitative estimate of drug-likeness (QED) is 0.620. The van der Waals surface area contributed by atoms with Gasteiger partial charge in [-0.2, -0.15) is 0 Å². The Morgan fingerprint density at radius 1 is 1.07 bits per heavy atom. The second-order valence-electron chi connectivity index (χ2n) is 7.04. The summed E-state index contributed by atoms with van der Waals surface area (Å²) in [5.74, 6) is 1.21. The number of hydrogen-bond donors (Lipinski definition) is 1. The van der Waals surface area contributed by atoms with Crippen LogP contribution in [-0.4, -0.2) is 41.6 Å². The van der Waals surface area contributed by atoms with Gasteiger partial charge in [-0.25, -0.2) is 9.59 Å². The third-order valence-electron chi connectivity index (χ3n) is 4.77. The summed E-state index contributed by atoms with van der Waals surface area (Å²) < 4.78 is 16.3. The Labute approximate surface area is 169 Å². The predicted molar refractivity (Wildman–Crippen MR) is 105 cm³/mol. The second kappa shape index (κ2) is 8.48. The molecule has 0 aliphatic carbocycles. The van der Waals surface area contributed by atoms with Crippen molar-refractivity contribution in [2.24, 2.45) is 0 Å². The largest absolute Gasteiger partial charge is 0.458 e. The van der Waals surface area contributed by atoms with E-state index in [1.807, 2.05) is 13.8 Å². The molecule has 6 nitrogen and oxygen atoms in total. The van der Waals surface area contributed by atoms with Crippen LogP contribution in [0.1, 0.15) is 38.3 Å². The number of terminal acetylenes is 1. The van der Waals surface area contributed by atoms with Crippen molar-refractivity contribution in [2.45, 2.75) is 38.3 Å². The topological polar surface area (TPSA) is 82.1 Å². The van der Waals surface area contributed by atoms with Crippen molar-refractivity contribution < 1.29 is 28.9 Å². The molecule has 29 heavy (non-hydrogen) atoms.